The average Bonchev–Trinajstić information content (AvgIpc) is 2.68. The molecule has 5 nitrogen and oxygen atoms in total. The van der Waals surface area contributed by atoms with Gasteiger partial charge in [-0.3, -0.25) is 9.97 Å². The number of aryl methyl sites for hydroxylation is 1. The Morgan fingerprint density at radius 1 is 0.962 bits per heavy atom. The minimum absolute atomic E-state index is 0.166. The van der Waals surface area contributed by atoms with Gasteiger partial charge in [-0.15, -0.1) is 0 Å². The lowest BCUT2D eigenvalue weighted by molar-refractivity contribution is 0.471. The molecule has 3 heterocycles. The molecule has 1 aromatic carbocycles. The maximum atomic E-state index is 10.9. The monoisotopic (exact) mass is 342 g/mol. The zero-order valence-electron chi connectivity index (χ0n) is 14.3. The number of hydrogen-bond donors (Lipinski definition) is 2. The summed E-state index contributed by atoms with van der Waals surface area (Å²) in [5.41, 5.74) is 3.30. The molecule has 128 valence electrons. The Kier molecular flexibility index (Phi) is 4.19. The molecule has 0 saturated heterocycles. The second kappa shape index (κ2) is 6.80. The number of rotatable bonds is 4. The van der Waals surface area contributed by atoms with E-state index in [1.54, 1.807) is 24.8 Å². The van der Waals surface area contributed by atoms with Crippen LogP contribution >= 0.6 is 0 Å². The van der Waals surface area contributed by atoms with Crippen LogP contribution in [0.25, 0.3) is 10.9 Å². The van der Waals surface area contributed by atoms with Crippen LogP contribution in [-0.4, -0.2) is 20.1 Å². The maximum absolute atomic E-state index is 10.9. The molecule has 1 unspecified atom stereocenters. The molecule has 0 fully saturated rings. The SMILES string of the molecule is Cc1cnc2c(O)c(C(Nc3ccccn3)c3cccnc3)ccc2c1. The van der Waals surface area contributed by atoms with Crippen LogP contribution in [0.2, 0.25) is 0 Å². The van der Waals surface area contributed by atoms with Gasteiger partial charge in [-0.25, -0.2) is 4.98 Å². The predicted octanol–water partition coefficient (Wildman–Crippen LogP) is 4.24. The third kappa shape index (κ3) is 3.07. The highest BCUT2D eigenvalue weighted by molar-refractivity contribution is 5.86. The van der Waals surface area contributed by atoms with Gasteiger partial charge in [-0.2, -0.15) is 0 Å². The quantitative estimate of drug-likeness (QED) is 0.580. The van der Waals surface area contributed by atoms with E-state index >= 15 is 0 Å². The number of benzene rings is 1. The molecule has 5 heteroatoms. The molecule has 0 amide bonds. The molecule has 3 aromatic heterocycles. The standard InChI is InChI=1S/C21H18N4O/c1-14-11-15-7-8-17(21(26)20(15)24-12-14)19(16-5-4-9-22-13-16)25-18-6-2-3-10-23-18/h2-13,19,26H,1H3,(H,23,25). The van der Waals surface area contributed by atoms with Gasteiger partial charge in [0.1, 0.15) is 17.1 Å². The number of hydrogen-bond acceptors (Lipinski definition) is 5. The molecular formula is C21H18N4O. The van der Waals surface area contributed by atoms with Crippen LogP contribution in [0, 0.1) is 6.92 Å². The first kappa shape index (κ1) is 16.0. The van der Waals surface area contributed by atoms with Crippen LogP contribution in [0.4, 0.5) is 5.82 Å². The Balaban J connectivity index is 1.85. The van der Waals surface area contributed by atoms with Gasteiger partial charge in [-0.05, 0) is 42.3 Å². The van der Waals surface area contributed by atoms with Gasteiger partial charge in [0.2, 0.25) is 0 Å². The predicted molar refractivity (Wildman–Crippen MR) is 102 cm³/mol. The highest BCUT2D eigenvalue weighted by atomic mass is 16.3. The van der Waals surface area contributed by atoms with Gasteiger partial charge >= 0.3 is 0 Å². The molecule has 4 rings (SSSR count). The fourth-order valence-electron chi connectivity index (χ4n) is 3.03. The summed E-state index contributed by atoms with van der Waals surface area (Å²) >= 11 is 0. The Morgan fingerprint density at radius 2 is 1.88 bits per heavy atom. The van der Waals surface area contributed by atoms with Gasteiger partial charge in [0.05, 0.1) is 6.04 Å². The number of nitrogens with one attached hydrogen (secondary N) is 1. The highest BCUT2D eigenvalue weighted by Gasteiger charge is 2.20. The third-order valence-electron chi connectivity index (χ3n) is 4.28. The molecular weight excluding hydrogens is 324 g/mol. The molecule has 0 bridgehead atoms. The molecule has 0 aliphatic heterocycles. The fraction of sp³-hybridized carbons (Fsp3) is 0.0952. The third-order valence-corrected chi connectivity index (χ3v) is 4.28. The fourth-order valence-corrected chi connectivity index (χ4v) is 3.03. The van der Waals surface area contributed by atoms with E-state index in [1.807, 2.05) is 55.5 Å². The topological polar surface area (TPSA) is 70.9 Å². The molecule has 1 atom stereocenters. The van der Waals surface area contributed by atoms with Crippen molar-refractivity contribution in [2.45, 2.75) is 13.0 Å². The zero-order chi connectivity index (χ0) is 17.9. The highest BCUT2D eigenvalue weighted by Crippen LogP contribution is 2.36. The normalized spacial score (nSPS) is 12.0. The second-order valence-electron chi connectivity index (χ2n) is 6.17. The molecule has 0 aliphatic carbocycles. The van der Waals surface area contributed by atoms with Crippen molar-refractivity contribution in [1.82, 2.24) is 15.0 Å². The molecule has 0 spiro atoms. The van der Waals surface area contributed by atoms with E-state index in [0.717, 1.165) is 27.9 Å². The average molecular weight is 342 g/mol. The van der Waals surface area contributed by atoms with Gasteiger partial charge < -0.3 is 10.4 Å². The first-order valence-electron chi connectivity index (χ1n) is 8.38. The lowest BCUT2D eigenvalue weighted by atomic mass is 9.97. The second-order valence-corrected chi connectivity index (χ2v) is 6.17. The Labute approximate surface area is 151 Å². The minimum Gasteiger partial charge on any atom is -0.505 e. The lowest BCUT2D eigenvalue weighted by Gasteiger charge is -2.21. The summed E-state index contributed by atoms with van der Waals surface area (Å²) < 4.78 is 0. The first-order chi connectivity index (χ1) is 12.7. The smallest absolute Gasteiger partial charge is 0.147 e. The summed E-state index contributed by atoms with van der Waals surface area (Å²) in [6.07, 6.45) is 7.00. The molecule has 4 aromatic rings. The summed E-state index contributed by atoms with van der Waals surface area (Å²) in [6.45, 7) is 1.98. The number of nitrogens with zero attached hydrogens (tertiary/aromatic N) is 3. The summed E-state index contributed by atoms with van der Waals surface area (Å²) in [5.74, 6) is 0.887. The van der Waals surface area contributed by atoms with Crippen LogP contribution in [-0.2, 0) is 0 Å². The van der Waals surface area contributed by atoms with Crippen LogP contribution in [0.3, 0.4) is 0 Å². The minimum atomic E-state index is -0.300. The molecule has 26 heavy (non-hydrogen) atoms. The van der Waals surface area contributed by atoms with E-state index in [0.29, 0.717) is 5.52 Å². The van der Waals surface area contributed by atoms with Crippen molar-refractivity contribution in [2.24, 2.45) is 0 Å². The van der Waals surface area contributed by atoms with Crippen molar-refractivity contribution in [3.8, 4) is 5.75 Å². The van der Waals surface area contributed by atoms with Crippen molar-refractivity contribution in [1.29, 1.82) is 0 Å². The van der Waals surface area contributed by atoms with E-state index in [1.165, 1.54) is 0 Å². The van der Waals surface area contributed by atoms with Crippen molar-refractivity contribution in [2.75, 3.05) is 5.32 Å². The first-order valence-corrected chi connectivity index (χ1v) is 8.38. The van der Waals surface area contributed by atoms with Gasteiger partial charge in [0.15, 0.2) is 0 Å². The number of phenolic OH excluding ortho intramolecular Hbond substituents is 1. The van der Waals surface area contributed by atoms with E-state index in [2.05, 4.69) is 20.3 Å². The van der Waals surface area contributed by atoms with Gasteiger partial charge in [0.25, 0.3) is 0 Å². The molecule has 0 saturated carbocycles. The number of fused-ring (bicyclic) bond motifs is 1. The number of aromatic hydroxyl groups is 1. The van der Waals surface area contributed by atoms with Crippen molar-refractivity contribution in [3.63, 3.8) is 0 Å². The van der Waals surface area contributed by atoms with Crippen LogP contribution in [0.1, 0.15) is 22.7 Å². The number of phenols is 1. The Hall–Kier alpha value is -3.47. The van der Waals surface area contributed by atoms with Crippen molar-refractivity contribution in [3.05, 3.63) is 90.0 Å². The Bertz CT molecular complexity index is 1040. The lowest BCUT2D eigenvalue weighted by Crippen LogP contribution is -2.14. The van der Waals surface area contributed by atoms with E-state index in [4.69, 9.17) is 0 Å². The Morgan fingerprint density at radius 3 is 2.65 bits per heavy atom. The van der Waals surface area contributed by atoms with E-state index in [-0.39, 0.29) is 11.8 Å². The number of anilines is 1. The zero-order valence-corrected chi connectivity index (χ0v) is 14.3. The van der Waals surface area contributed by atoms with Gasteiger partial charge in [0, 0.05) is 35.7 Å². The van der Waals surface area contributed by atoms with Gasteiger partial charge in [-0.1, -0.05) is 24.3 Å². The van der Waals surface area contributed by atoms with Crippen molar-refractivity contribution >= 4 is 16.7 Å². The van der Waals surface area contributed by atoms with E-state index < -0.39 is 0 Å². The maximum Gasteiger partial charge on any atom is 0.147 e. The number of pyridine rings is 3. The molecule has 0 radical (unpaired) electrons. The summed E-state index contributed by atoms with van der Waals surface area (Å²) in [7, 11) is 0. The molecule has 2 N–H and O–H groups in total. The summed E-state index contributed by atoms with van der Waals surface area (Å²) in [6, 6.07) is 15.1. The summed E-state index contributed by atoms with van der Waals surface area (Å²) in [5, 5.41) is 15.2. The van der Waals surface area contributed by atoms with Crippen LogP contribution in [0.5, 0.6) is 5.75 Å². The largest absolute Gasteiger partial charge is 0.505 e. The van der Waals surface area contributed by atoms with Crippen molar-refractivity contribution < 1.29 is 5.11 Å². The molecule has 0 aliphatic rings. The van der Waals surface area contributed by atoms with E-state index in [9.17, 15) is 5.11 Å². The van der Waals surface area contributed by atoms with Crippen LogP contribution in [0.15, 0.2) is 73.3 Å². The van der Waals surface area contributed by atoms with Crippen LogP contribution < -0.4 is 5.32 Å². The number of aromatic nitrogens is 3. The summed E-state index contributed by atoms with van der Waals surface area (Å²) in [4.78, 5) is 13.0.